The maximum atomic E-state index is 6.38. The molecule has 0 aliphatic carbocycles. The molecule has 0 radical (unpaired) electrons. The number of nitrogens with one attached hydrogen (secondary N) is 1. The van der Waals surface area contributed by atoms with E-state index >= 15 is 0 Å². The third-order valence-electron chi connectivity index (χ3n) is 3.53. The van der Waals surface area contributed by atoms with Gasteiger partial charge in [-0.05, 0) is 18.4 Å². The number of hydrogen-bond acceptors (Lipinski definition) is 3. The van der Waals surface area contributed by atoms with E-state index in [-0.39, 0.29) is 10.7 Å². The van der Waals surface area contributed by atoms with Crippen molar-refractivity contribution in [1.82, 2.24) is 14.5 Å². The van der Waals surface area contributed by atoms with Gasteiger partial charge in [-0.3, -0.25) is 9.40 Å². The van der Waals surface area contributed by atoms with Gasteiger partial charge in [0.15, 0.2) is 0 Å². The molecule has 2 aromatic rings. The molecule has 1 atom stereocenters. The van der Waals surface area contributed by atoms with Gasteiger partial charge >= 0.3 is 0 Å². The van der Waals surface area contributed by atoms with E-state index in [1.807, 2.05) is 12.3 Å². The summed E-state index contributed by atoms with van der Waals surface area (Å²) in [4.78, 5) is 2.35. The molecule has 0 bridgehead atoms. The van der Waals surface area contributed by atoms with Crippen molar-refractivity contribution in [3.63, 3.8) is 0 Å². The van der Waals surface area contributed by atoms with Crippen LogP contribution < -0.4 is 4.90 Å². The van der Waals surface area contributed by atoms with Crippen molar-refractivity contribution >= 4 is 44.7 Å². The number of aromatic amines is 1. The molecule has 4 nitrogen and oxygen atoms in total. The Bertz CT molecular complexity index is 616. The fraction of sp³-hybridized carbons (Fsp3) is 0.385. The number of fused-ring (bicyclic) bond motifs is 1. The lowest BCUT2D eigenvalue weighted by atomic mass is 10.2. The van der Waals surface area contributed by atoms with E-state index in [2.05, 4.69) is 37.6 Å². The number of halogens is 1. The van der Waals surface area contributed by atoms with E-state index in [1.165, 1.54) is 0 Å². The van der Waals surface area contributed by atoms with Gasteiger partial charge in [0.05, 0.1) is 22.4 Å². The number of benzene rings is 1. The first-order chi connectivity index (χ1) is 9.15. The minimum atomic E-state index is 0.114. The van der Waals surface area contributed by atoms with E-state index in [0.29, 0.717) is 0 Å². The number of anilines is 1. The number of nitrogens with zero attached hydrogens (tertiary/aromatic N) is 3. The fourth-order valence-corrected chi connectivity index (χ4v) is 3.51. The standard InChI is InChI=1S/C13H17ClN4S/c1-19(2)18-5-3-17(4-6-18)13-7-10-9-15-16-12(10)8-11(13)14/h7-9H,1,3-6H2,2H3,(H,15,16). The zero-order valence-electron chi connectivity index (χ0n) is 10.9. The first kappa shape index (κ1) is 13.0. The Kier molecular flexibility index (Phi) is 3.52. The molecule has 19 heavy (non-hydrogen) atoms. The minimum Gasteiger partial charge on any atom is -0.368 e. The topological polar surface area (TPSA) is 35.2 Å². The first-order valence-corrected chi connectivity index (χ1v) is 8.37. The first-order valence-electron chi connectivity index (χ1n) is 6.23. The summed E-state index contributed by atoms with van der Waals surface area (Å²) in [5.41, 5.74) is 2.09. The summed E-state index contributed by atoms with van der Waals surface area (Å²) in [7, 11) is 0.114. The molecule has 1 fully saturated rings. The van der Waals surface area contributed by atoms with Gasteiger partial charge in [0.25, 0.3) is 0 Å². The molecule has 1 N–H and O–H groups in total. The Balaban J connectivity index is 1.85. The molecule has 1 aromatic heterocycles. The fourth-order valence-electron chi connectivity index (χ4n) is 2.44. The van der Waals surface area contributed by atoms with Crippen LogP contribution in [0.1, 0.15) is 0 Å². The molecule has 1 saturated heterocycles. The number of H-pyrrole nitrogens is 1. The average molecular weight is 297 g/mol. The van der Waals surface area contributed by atoms with E-state index < -0.39 is 0 Å². The van der Waals surface area contributed by atoms with Crippen molar-refractivity contribution in [3.05, 3.63) is 23.4 Å². The summed E-state index contributed by atoms with van der Waals surface area (Å²) in [6.45, 7) is 4.08. The Hall–Kier alpha value is -1.04. The molecule has 0 amide bonds. The average Bonchev–Trinajstić information content (AvgIpc) is 2.85. The Morgan fingerprint density at radius 2 is 2.05 bits per heavy atom. The largest absolute Gasteiger partial charge is 0.368 e. The molecular weight excluding hydrogens is 280 g/mol. The van der Waals surface area contributed by atoms with Crippen molar-refractivity contribution in [2.45, 2.75) is 0 Å². The molecule has 1 unspecified atom stereocenters. The summed E-state index contributed by atoms with van der Waals surface area (Å²) in [5, 5.41) is 8.88. The van der Waals surface area contributed by atoms with Gasteiger partial charge in [-0.1, -0.05) is 17.5 Å². The van der Waals surface area contributed by atoms with Gasteiger partial charge in [-0.2, -0.15) is 5.10 Å². The highest BCUT2D eigenvalue weighted by Crippen LogP contribution is 2.31. The number of hydrogen-bond donors (Lipinski definition) is 1. The van der Waals surface area contributed by atoms with Crippen LogP contribution in [-0.2, 0) is 0 Å². The van der Waals surface area contributed by atoms with Crippen LogP contribution in [0.25, 0.3) is 10.9 Å². The predicted molar refractivity (Wildman–Crippen MR) is 85.5 cm³/mol. The third kappa shape index (κ3) is 2.50. The third-order valence-corrected chi connectivity index (χ3v) is 5.08. The smallest absolute Gasteiger partial charge is 0.0666 e. The van der Waals surface area contributed by atoms with Crippen molar-refractivity contribution in [2.24, 2.45) is 0 Å². The summed E-state index contributed by atoms with van der Waals surface area (Å²) in [6.07, 6.45) is 4.00. The number of aromatic nitrogens is 2. The molecule has 2 heterocycles. The molecule has 1 aliphatic heterocycles. The van der Waals surface area contributed by atoms with Gasteiger partial charge < -0.3 is 4.90 Å². The molecule has 0 saturated carbocycles. The van der Waals surface area contributed by atoms with Crippen LogP contribution >= 0.6 is 22.3 Å². The Morgan fingerprint density at radius 1 is 1.32 bits per heavy atom. The normalized spacial score (nSPS) is 18.9. The SMILES string of the molecule is C=S(C)N1CCN(c2cc3cn[nH]c3cc2Cl)CC1. The zero-order valence-corrected chi connectivity index (χ0v) is 12.5. The highest BCUT2D eigenvalue weighted by Gasteiger charge is 2.19. The maximum Gasteiger partial charge on any atom is 0.0666 e. The van der Waals surface area contributed by atoms with Crippen molar-refractivity contribution in [3.8, 4) is 0 Å². The second kappa shape index (κ2) is 5.15. The lowest BCUT2D eigenvalue weighted by Crippen LogP contribution is -2.44. The monoisotopic (exact) mass is 296 g/mol. The molecular formula is C13H17ClN4S. The van der Waals surface area contributed by atoms with Gasteiger partial charge in [0.1, 0.15) is 0 Å². The van der Waals surface area contributed by atoms with Crippen LogP contribution in [0.3, 0.4) is 0 Å². The minimum absolute atomic E-state index is 0.114. The molecule has 1 aliphatic rings. The van der Waals surface area contributed by atoms with Crippen molar-refractivity contribution in [2.75, 3.05) is 37.3 Å². The van der Waals surface area contributed by atoms with Crippen molar-refractivity contribution in [1.29, 1.82) is 0 Å². The molecule has 3 rings (SSSR count). The van der Waals surface area contributed by atoms with Crippen LogP contribution in [0.15, 0.2) is 18.3 Å². The van der Waals surface area contributed by atoms with Crippen molar-refractivity contribution < 1.29 is 0 Å². The quantitative estimate of drug-likeness (QED) is 0.865. The second-order valence-corrected chi connectivity index (χ2v) is 6.90. The van der Waals surface area contributed by atoms with Gasteiger partial charge in [-0.25, -0.2) is 0 Å². The van der Waals surface area contributed by atoms with Crippen LogP contribution in [0.4, 0.5) is 5.69 Å². The molecule has 1 aromatic carbocycles. The van der Waals surface area contributed by atoms with E-state index in [1.54, 1.807) is 0 Å². The maximum absolute atomic E-state index is 6.38. The van der Waals surface area contributed by atoms with Crippen LogP contribution in [0.2, 0.25) is 5.02 Å². The van der Waals surface area contributed by atoms with Gasteiger partial charge in [0, 0.05) is 31.6 Å². The lowest BCUT2D eigenvalue weighted by molar-refractivity contribution is 0.430. The summed E-state index contributed by atoms with van der Waals surface area (Å²) in [5.74, 6) is 4.11. The lowest BCUT2D eigenvalue weighted by Gasteiger charge is -2.36. The van der Waals surface area contributed by atoms with E-state index in [0.717, 1.165) is 47.8 Å². The van der Waals surface area contributed by atoms with Gasteiger partial charge in [0.2, 0.25) is 0 Å². The second-order valence-electron chi connectivity index (χ2n) is 4.78. The van der Waals surface area contributed by atoms with Gasteiger partial charge in [-0.15, -0.1) is 10.7 Å². The summed E-state index contributed by atoms with van der Waals surface area (Å²) in [6, 6.07) is 4.07. The predicted octanol–water partition coefficient (Wildman–Crippen LogP) is 2.58. The van der Waals surface area contributed by atoms with Crippen LogP contribution in [0.5, 0.6) is 0 Å². The highest BCUT2D eigenvalue weighted by atomic mass is 35.5. The molecule has 102 valence electrons. The molecule has 6 heteroatoms. The zero-order chi connectivity index (χ0) is 13.4. The van der Waals surface area contributed by atoms with E-state index in [4.69, 9.17) is 11.6 Å². The number of rotatable bonds is 2. The Labute approximate surface area is 120 Å². The summed E-state index contributed by atoms with van der Waals surface area (Å²) >= 11 is 6.38. The highest BCUT2D eigenvalue weighted by molar-refractivity contribution is 8.11. The van der Waals surface area contributed by atoms with E-state index in [9.17, 15) is 0 Å². The Morgan fingerprint density at radius 3 is 2.74 bits per heavy atom. The number of piperazine rings is 1. The summed E-state index contributed by atoms with van der Waals surface area (Å²) < 4.78 is 2.42. The van der Waals surface area contributed by atoms with Crippen LogP contribution in [0, 0.1) is 0 Å². The molecule has 0 spiro atoms. The van der Waals surface area contributed by atoms with Crippen LogP contribution in [-0.4, -0.2) is 52.8 Å².